The van der Waals surface area contributed by atoms with Gasteiger partial charge in [-0.15, -0.1) is 0 Å². The van der Waals surface area contributed by atoms with Gasteiger partial charge in [-0.1, -0.05) is 83.1 Å². The van der Waals surface area contributed by atoms with E-state index in [1.165, 1.54) is 6.26 Å². The molecule has 0 bridgehead atoms. The predicted octanol–water partition coefficient (Wildman–Crippen LogP) is 6.02. The van der Waals surface area contributed by atoms with Crippen molar-refractivity contribution in [1.29, 1.82) is 0 Å². The Bertz CT molecular complexity index is 896. The molecule has 3 rings (SSSR count). The average molecular weight is 647 g/mol. The summed E-state index contributed by atoms with van der Waals surface area (Å²) in [5, 5.41) is 22.5. The van der Waals surface area contributed by atoms with Crippen LogP contribution in [-0.2, 0) is 32.5 Å². The van der Waals surface area contributed by atoms with Gasteiger partial charge in [0, 0.05) is 0 Å². The molecule has 0 aromatic rings. The molecule has 0 unspecified atom stereocenters. The van der Waals surface area contributed by atoms with Gasteiger partial charge in [0.2, 0.25) is 8.32 Å². The van der Waals surface area contributed by atoms with E-state index >= 15 is 0 Å². The van der Waals surface area contributed by atoms with E-state index in [-0.39, 0.29) is 13.2 Å². The fourth-order valence-electron chi connectivity index (χ4n) is 8.17. The van der Waals surface area contributed by atoms with Crippen LogP contribution < -0.4 is 0 Å². The smallest absolute Gasteiger partial charge is 0.493 e. The molecule has 2 N–H and O–H groups in total. The van der Waals surface area contributed by atoms with Crippen molar-refractivity contribution < 1.29 is 47.5 Å². The molecule has 2 saturated heterocycles. The van der Waals surface area contributed by atoms with Crippen molar-refractivity contribution in [2.45, 2.75) is 165 Å². The molecule has 12 heteroatoms. The van der Waals surface area contributed by atoms with E-state index in [4.69, 9.17) is 32.5 Å². The van der Waals surface area contributed by atoms with Crippen molar-refractivity contribution in [1.82, 2.24) is 0 Å². The van der Waals surface area contributed by atoms with Crippen molar-refractivity contribution in [3.8, 4) is 0 Å². The molecule has 3 heterocycles. The van der Waals surface area contributed by atoms with Crippen LogP contribution in [0.4, 0.5) is 4.79 Å². The highest BCUT2D eigenvalue weighted by atomic mass is 28.4. The molecule has 0 aromatic heterocycles. The summed E-state index contributed by atoms with van der Waals surface area (Å²) in [5.74, 6) is 0. The molecule has 2 fully saturated rings. The molecule has 3 aliphatic rings. The van der Waals surface area contributed by atoms with Gasteiger partial charge in [-0.3, -0.25) is 0 Å². The molecule has 10 nitrogen and oxygen atoms in total. The predicted molar refractivity (Wildman–Crippen MR) is 169 cm³/mol. The third-order valence-corrected chi connectivity index (χ3v) is 22.2. The maximum atomic E-state index is 12.2. The summed E-state index contributed by atoms with van der Waals surface area (Å²) in [4.78, 5) is 12.2. The molecule has 0 amide bonds. The van der Waals surface area contributed by atoms with Gasteiger partial charge < -0.3 is 42.7 Å². The Labute approximate surface area is 261 Å². The van der Waals surface area contributed by atoms with Crippen molar-refractivity contribution in [3.63, 3.8) is 0 Å². The van der Waals surface area contributed by atoms with Crippen molar-refractivity contribution >= 4 is 22.8 Å². The number of ether oxygens (including phenoxy) is 5. The average Bonchev–Trinajstić information content (AvgIpc) is 3.29. The summed E-state index contributed by atoms with van der Waals surface area (Å²) in [7, 11) is -4.46. The van der Waals surface area contributed by atoms with E-state index in [0.717, 1.165) is 0 Å². The topological polar surface area (TPSA) is 122 Å². The maximum Gasteiger partial charge on any atom is 0.509 e. The fourth-order valence-corrected chi connectivity index (χ4v) is 19.1. The Morgan fingerprint density at radius 1 is 0.698 bits per heavy atom. The lowest BCUT2D eigenvalue weighted by Gasteiger charge is -2.45. The fraction of sp³-hybridized carbons (Fsp3) is 0.903. The Kier molecular flexibility index (Phi) is 12.4. The lowest BCUT2D eigenvalue weighted by Crippen LogP contribution is -2.61. The molecule has 0 saturated carbocycles. The highest BCUT2D eigenvalue weighted by Gasteiger charge is 2.56. The highest BCUT2D eigenvalue weighted by Crippen LogP contribution is 2.44. The summed E-state index contributed by atoms with van der Waals surface area (Å²) in [6, 6.07) is 0. The second-order valence-corrected chi connectivity index (χ2v) is 25.2. The number of aliphatic hydroxyl groups is 2. The highest BCUT2D eigenvalue weighted by molar-refractivity contribution is 6.78. The van der Waals surface area contributed by atoms with Gasteiger partial charge in [0.25, 0.3) is 0 Å². The van der Waals surface area contributed by atoms with Gasteiger partial charge >= 0.3 is 6.16 Å². The zero-order valence-corrected chi connectivity index (χ0v) is 30.3. The Morgan fingerprint density at radius 2 is 1.14 bits per heavy atom. The van der Waals surface area contributed by atoms with Gasteiger partial charge in [-0.05, 0) is 39.3 Å². The monoisotopic (exact) mass is 646 g/mol. The summed E-state index contributed by atoms with van der Waals surface area (Å²) >= 11 is 0. The summed E-state index contributed by atoms with van der Waals surface area (Å²) < 4.78 is 42.5. The standard InChI is InChI=1S/C31H58O10Si2/c1-17(2)42(18(3)4,19(5)6)36-15-24-26(32)23(13-14-35-24)38-30-27(33)29-28(40-31(34)41-29)25(39-30)16-37-43(20(7)8,21(9)10)22(11)12/h13-14,17-30,32-33H,15-16H2,1-12H3/t23-,24-,25-,26-,27-,28+,29-,30-/m1/s1. The SMILES string of the molecule is CC(C)[Si](OC[C@H]1OC=C[C@@H](O[C@@H]2O[C@H](CO[Si](C(C)C)(C(C)C)C(C)C)[C@@H]3OC(=O)O[C@@H]3[C@H]2O)[C@H]1O)(C(C)C)C(C)C. The Hall–Kier alpha value is -0.996. The Balaban J connectivity index is 1.76. The van der Waals surface area contributed by atoms with Crippen molar-refractivity contribution in [3.05, 3.63) is 12.3 Å². The molecular formula is C31H58O10Si2. The van der Waals surface area contributed by atoms with Crippen LogP contribution in [-0.4, -0.2) is 95.2 Å². The minimum Gasteiger partial charge on any atom is -0.493 e. The molecule has 8 atom stereocenters. The minimum absolute atomic E-state index is 0.167. The van der Waals surface area contributed by atoms with Gasteiger partial charge in [0.05, 0.1) is 19.5 Å². The van der Waals surface area contributed by atoms with E-state index in [2.05, 4.69) is 83.1 Å². The molecule has 43 heavy (non-hydrogen) atoms. The number of carbonyl (C=O) groups is 1. The summed E-state index contributed by atoms with van der Waals surface area (Å²) in [6.45, 7) is 26.8. The number of rotatable bonds is 14. The Morgan fingerprint density at radius 3 is 1.60 bits per heavy atom. The first-order valence-electron chi connectivity index (χ1n) is 16.1. The largest absolute Gasteiger partial charge is 0.509 e. The lowest BCUT2D eigenvalue weighted by molar-refractivity contribution is -0.299. The van der Waals surface area contributed by atoms with Crippen molar-refractivity contribution in [2.24, 2.45) is 0 Å². The number of aliphatic hydroxyl groups excluding tert-OH is 2. The molecule has 3 aliphatic heterocycles. The number of hydrogen-bond donors (Lipinski definition) is 2. The van der Waals surface area contributed by atoms with Crippen LogP contribution in [0.1, 0.15) is 83.1 Å². The van der Waals surface area contributed by atoms with E-state index in [0.29, 0.717) is 33.2 Å². The van der Waals surface area contributed by atoms with Crippen LogP contribution in [0.2, 0.25) is 33.2 Å². The quantitative estimate of drug-likeness (QED) is 0.171. The van der Waals surface area contributed by atoms with Crippen LogP contribution >= 0.6 is 0 Å². The molecule has 250 valence electrons. The van der Waals surface area contributed by atoms with Crippen molar-refractivity contribution in [2.75, 3.05) is 13.2 Å². The zero-order chi connectivity index (χ0) is 32.4. The van der Waals surface area contributed by atoms with E-state index < -0.39 is 71.8 Å². The first-order valence-corrected chi connectivity index (χ1v) is 20.4. The number of fused-ring (bicyclic) bond motifs is 1. The summed E-state index contributed by atoms with van der Waals surface area (Å²) in [5.41, 5.74) is 2.18. The molecular weight excluding hydrogens is 589 g/mol. The first kappa shape index (κ1) is 36.5. The van der Waals surface area contributed by atoms with Crippen LogP contribution in [0.15, 0.2) is 12.3 Å². The third kappa shape index (κ3) is 7.21. The van der Waals surface area contributed by atoms with Gasteiger partial charge in [0.15, 0.2) is 26.8 Å². The first-order chi connectivity index (χ1) is 20.0. The zero-order valence-electron chi connectivity index (χ0n) is 28.3. The van der Waals surface area contributed by atoms with Gasteiger partial charge in [-0.2, -0.15) is 0 Å². The van der Waals surface area contributed by atoms with Gasteiger partial charge in [-0.25, -0.2) is 4.79 Å². The van der Waals surface area contributed by atoms with Crippen LogP contribution in [0, 0.1) is 0 Å². The molecule has 0 radical (unpaired) electrons. The van der Waals surface area contributed by atoms with E-state index in [9.17, 15) is 15.0 Å². The summed E-state index contributed by atoms with van der Waals surface area (Å²) in [6.07, 6.45) is -5.40. The van der Waals surface area contributed by atoms with Crippen LogP contribution in [0.3, 0.4) is 0 Å². The van der Waals surface area contributed by atoms with Crippen LogP contribution in [0.5, 0.6) is 0 Å². The second kappa shape index (κ2) is 14.6. The normalized spacial score (nSPS) is 31.8. The maximum absolute atomic E-state index is 12.2. The molecule has 0 aromatic carbocycles. The third-order valence-electron chi connectivity index (χ3n) is 10.0. The lowest BCUT2D eigenvalue weighted by atomic mass is 9.99. The van der Waals surface area contributed by atoms with Gasteiger partial charge in [0.1, 0.15) is 30.5 Å². The van der Waals surface area contributed by atoms with E-state index in [1.807, 2.05) is 0 Å². The minimum atomic E-state index is -2.27. The molecule has 0 spiro atoms. The van der Waals surface area contributed by atoms with E-state index in [1.54, 1.807) is 6.08 Å². The number of carbonyl (C=O) groups excluding carboxylic acids is 1. The number of hydrogen-bond acceptors (Lipinski definition) is 10. The molecule has 0 aliphatic carbocycles. The second-order valence-electron chi connectivity index (χ2n) is 14.3. The van der Waals surface area contributed by atoms with Crippen LogP contribution in [0.25, 0.3) is 0 Å².